The lowest BCUT2D eigenvalue weighted by Crippen LogP contribution is -1.91. The maximum Gasteiger partial charge on any atom is 0.0776 e. The minimum atomic E-state index is -0.539. The molecule has 1 aromatic carbocycles. The largest absolute Gasteiger partial charge is 0.389 e. The van der Waals surface area contributed by atoms with Gasteiger partial charge in [-0.15, -0.1) is 0 Å². The van der Waals surface area contributed by atoms with Gasteiger partial charge >= 0.3 is 0 Å². The van der Waals surface area contributed by atoms with Crippen LogP contribution in [0.4, 0.5) is 0 Å². The summed E-state index contributed by atoms with van der Waals surface area (Å²) >= 11 is 7.72. The van der Waals surface area contributed by atoms with Gasteiger partial charge in [-0.25, -0.2) is 0 Å². The van der Waals surface area contributed by atoms with Crippen LogP contribution in [0, 0.1) is 0 Å². The summed E-state index contributed by atoms with van der Waals surface area (Å²) in [7, 11) is 0. The third-order valence-electron chi connectivity index (χ3n) is 2.31. The highest BCUT2D eigenvalue weighted by Gasteiger charge is 2.07. The van der Waals surface area contributed by atoms with Crippen molar-refractivity contribution in [3.63, 3.8) is 0 Å². The third-order valence-corrected chi connectivity index (χ3v) is 3.63. The second-order valence-electron chi connectivity index (χ2n) is 3.64. The van der Waals surface area contributed by atoms with Crippen LogP contribution < -0.4 is 0 Å². The van der Waals surface area contributed by atoms with Crippen molar-refractivity contribution in [3.05, 3.63) is 53.3 Å². The Bertz CT molecular complexity index is 502. The smallest absolute Gasteiger partial charge is 0.0776 e. The second kappa shape index (κ2) is 5.54. The molecule has 0 saturated carbocycles. The molecule has 0 radical (unpaired) electrons. The first-order valence-corrected chi connectivity index (χ1v) is 6.41. The Hall–Kier alpha value is -1.03. The van der Waals surface area contributed by atoms with Crippen LogP contribution >= 0.6 is 23.4 Å². The van der Waals surface area contributed by atoms with Gasteiger partial charge in [0, 0.05) is 27.2 Å². The van der Waals surface area contributed by atoms with Crippen molar-refractivity contribution in [1.29, 1.82) is 0 Å². The number of aliphatic hydroxyl groups excluding tert-OH is 1. The summed E-state index contributed by atoms with van der Waals surface area (Å²) in [5.74, 6) is 0. The molecule has 0 spiro atoms. The Morgan fingerprint density at radius 1 is 1.18 bits per heavy atom. The van der Waals surface area contributed by atoms with Crippen LogP contribution in [-0.4, -0.2) is 10.1 Å². The lowest BCUT2D eigenvalue weighted by molar-refractivity contribution is 0.199. The molecule has 0 aliphatic carbocycles. The number of halogens is 1. The van der Waals surface area contributed by atoms with E-state index in [1.807, 2.05) is 30.3 Å². The minimum Gasteiger partial charge on any atom is -0.389 e. The van der Waals surface area contributed by atoms with Gasteiger partial charge in [0.1, 0.15) is 0 Å². The quantitative estimate of drug-likeness (QED) is 0.913. The number of pyridine rings is 1. The van der Waals surface area contributed by atoms with Crippen molar-refractivity contribution in [2.75, 3.05) is 0 Å². The van der Waals surface area contributed by atoms with Crippen LogP contribution in [0.5, 0.6) is 0 Å². The van der Waals surface area contributed by atoms with Gasteiger partial charge in [0.25, 0.3) is 0 Å². The molecule has 0 amide bonds. The zero-order valence-electron chi connectivity index (χ0n) is 9.30. The van der Waals surface area contributed by atoms with E-state index in [0.717, 1.165) is 15.4 Å². The van der Waals surface area contributed by atoms with Gasteiger partial charge in [-0.1, -0.05) is 29.4 Å². The summed E-state index contributed by atoms with van der Waals surface area (Å²) in [6, 6.07) is 9.58. The fraction of sp³-hybridized carbons (Fsp3) is 0.154. The summed E-state index contributed by atoms with van der Waals surface area (Å²) in [5.41, 5.74) is 0.755. The van der Waals surface area contributed by atoms with E-state index < -0.39 is 6.10 Å². The lowest BCUT2D eigenvalue weighted by atomic mass is 10.1. The van der Waals surface area contributed by atoms with Gasteiger partial charge in [-0.05, 0) is 36.8 Å². The lowest BCUT2D eigenvalue weighted by Gasteiger charge is -2.09. The monoisotopic (exact) mass is 265 g/mol. The first kappa shape index (κ1) is 12.4. The fourth-order valence-electron chi connectivity index (χ4n) is 1.45. The molecule has 2 nitrogen and oxygen atoms in total. The molecule has 88 valence electrons. The Kier molecular flexibility index (Phi) is 4.05. The van der Waals surface area contributed by atoms with Crippen molar-refractivity contribution in [2.45, 2.75) is 22.8 Å². The van der Waals surface area contributed by atoms with E-state index in [2.05, 4.69) is 4.98 Å². The zero-order valence-corrected chi connectivity index (χ0v) is 10.9. The van der Waals surface area contributed by atoms with Crippen LogP contribution in [0.2, 0.25) is 5.02 Å². The van der Waals surface area contributed by atoms with Gasteiger partial charge in [0.15, 0.2) is 0 Å². The van der Waals surface area contributed by atoms with Crippen molar-refractivity contribution >= 4 is 23.4 Å². The highest BCUT2D eigenvalue weighted by Crippen LogP contribution is 2.32. The second-order valence-corrected chi connectivity index (χ2v) is 5.20. The van der Waals surface area contributed by atoms with E-state index in [9.17, 15) is 5.11 Å². The number of aliphatic hydroxyl groups is 1. The maximum absolute atomic E-state index is 9.49. The summed E-state index contributed by atoms with van der Waals surface area (Å²) < 4.78 is 0. The van der Waals surface area contributed by atoms with Gasteiger partial charge in [-0.2, -0.15) is 0 Å². The van der Waals surface area contributed by atoms with Crippen LogP contribution in [-0.2, 0) is 0 Å². The molecule has 1 heterocycles. The van der Waals surface area contributed by atoms with E-state index in [0.29, 0.717) is 5.02 Å². The normalized spacial score (nSPS) is 12.4. The summed E-state index contributed by atoms with van der Waals surface area (Å²) in [6.45, 7) is 1.71. The predicted molar refractivity (Wildman–Crippen MR) is 70.4 cm³/mol. The number of rotatable bonds is 3. The molecule has 2 aromatic rings. The molecule has 0 aliphatic heterocycles. The summed E-state index contributed by atoms with van der Waals surface area (Å²) in [4.78, 5) is 6.13. The number of benzene rings is 1. The third kappa shape index (κ3) is 3.22. The predicted octanol–water partition coefficient (Wildman–Crippen LogP) is 3.94. The van der Waals surface area contributed by atoms with E-state index >= 15 is 0 Å². The number of hydrogen-bond donors (Lipinski definition) is 1. The number of aromatic nitrogens is 1. The molecular weight excluding hydrogens is 254 g/mol. The number of hydrogen-bond acceptors (Lipinski definition) is 3. The molecule has 17 heavy (non-hydrogen) atoms. The summed E-state index contributed by atoms with van der Waals surface area (Å²) in [6.07, 6.45) is 2.98. The molecule has 0 bridgehead atoms. The SMILES string of the molecule is CC(O)c1ccc(Sc2ccncc2)cc1Cl. The topological polar surface area (TPSA) is 33.1 Å². The standard InChI is InChI=1S/C13H12ClNOS/c1-9(16)12-3-2-11(8-13(12)14)17-10-4-6-15-7-5-10/h2-9,16H,1H3. The van der Waals surface area contributed by atoms with E-state index in [-0.39, 0.29) is 0 Å². The minimum absolute atomic E-state index is 0.539. The van der Waals surface area contributed by atoms with Crippen LogP contribution in [0.3, 0.4) is 0 Å². The first-order chi connectivity index (χ1) is 8.16. The molecule has 0 saturated heterocycles. The number of nitrogens with zero attached hydrogens (tertiary/aromatic N) is 1. The Balaban J connectivity index is 2.21. The molecule has 2 rings (SSSR count). The van der Waals surface area contributed by atoms with Crippen LogP contribution in [0.1, 0.15) is 18.6 Å². The highest BCUT2D eigenvalue weighted by atomic mass is 35.5. The zero-order chi connectivity index (χ0) is 12.3. The molecule has 0 aliphatic rings. The van der Waals surface area contributed by atoms with Gasteiger partial charge in [-0.3, -0.25) is 4.98 Å². The van der Waals surface area contributed by atoms with Crippen LogP contribution in [0.15, 0.2) is 52.5 Å². The fourth-order valence-corrected chi connectivity index (χ4v) is 2.70. The van der Waals surface area contributed by atoms with Gasteiger partial charge < -0.3 is 5.11 Å². The average Bonchev–Trinajstić information content (AvgIpc) is 2.30. The Labute approximate surface area is 110 Å². The highest BCUT2D eigenvalue weighted by molar-refractivity contribution is 7.99. The maximum atomic E-state index is 9.49. The van der Waals surface area contributed by atoms with Crippen molar-refractivity contribution in [1.82, 2.24) is 4.98 Å². The van der Waals surface area contributed by atoms with E-state index in [1.54, 1.807) is 31.1 Å². The van der Waals surface area contributed by atoms with Crippen LogP contribution in [0.25, 0.3) is 0 Å². The first-order valence-electron chi connectivity index (χ1n) is 5.22. The molecular formula is C13H12ClNOS. The molecule has 1 N–H and O–H groups in total. The van der Waals surface area contributed by atoms with Gasteiger partial charge in [0.05, 0.1) is 6.10 Å². The van der Waals surface area contributed by atoms with Crippen molar-refractivity contribution in [3.8, 4) is 0 Å². The Morgan fingerprint density at radius 3 is 2.47 bits per heavy atom. The van der Waals surface area contributed by atoms with E-state index in [1.165, 1.54) is 0 Å². The Morgan fingerprint density at radius 2 is 1.88 bits per heavy atom. The van der Waals surface area contributed by atoms with Crippen molar-refractivity contribution < 1.29 is 5.11 Å². The molecule has 1 atom stereocenters. The van der Waals surface area contributed by atoms with Gasteiger partial charge in [0.2, 0.25) is 0 Å². The average molecular weight is 266 g/mol. The summed E-state index contributed by atoms with van der Waals surface area (Å²) in [5, 5.41) is 10.1. The molecule has 0 fully saturated rings. The molecule has 4 heteroatoms. The van der Waals surface area contributed by atoms with Crippen molar-refractivity contribution in [2.24, 2.45) is 0 Å². The van der Waals surface area contributed by atoms with E-state index in [4.69, 9.17) is 11.6 Å². The molecule has 1 aromatic heterocycles. The molecule has 1 unspecified atom stereocenters.